The molecule has 5 rings (SSSR count). The van der Waals surface area contributed by atoms with E-state index in [4.69, 9.17) is 4.74 Å². The minimum atomic E-state index is -0.406. The van der Waals surface area contributed by atoms with Crippen molar-refractivity contribution in [1.82, 2.24) is 4.90 Å². The van der Waals surface area contributed by atoms with Crippen LogP contribution in [0.3, 0.4) is 0 Å². The van der Waals surface area contributed by atoms with Crippen LogP contribution in [0.15, 0.2) is 35.1 Å². The van der Waals surface area contributed by atoms with Crippen LogP contribution in [0.25, 0.3) is 20.2 Å². The molecule has 3 heterocycles. The predicted molar refractivity (Wildman–Crippen MR) is 138 cm³/mol. The largest absolute Gasteiger partial charge is 0.497 e. The van der Waals surface area contributed by atoms with Gasteiger partial charge in [-0.3, -0.25) is 14.9 Å². The molecule has 7 nitrogen and oxygen atoms in total. The first kappa shape index (κ1) is 23.1. The highest BCUT2D eigenvalue weighted by Gasteiger charge is 2.32. The van der Waals surface area contributed by atoms with Gasteiger partial charge < -0.3 is 15.0 Å². The molecule has 8 heteroatoms. The van der Waals surface area contributed by atoms with Gasteiger partial charge >= 0.3 is 0 Å². The standard InChI is InChI=1S/C26H31N3O4S/c1-33-18-9-12-23-19(16-18)25(30)24-20(10-11-22(29(31)32)26(24)34-23)27-13-4-6-17-7-5-15-28-14-3-2-8-21(17)28/h9-12,16-17,21,27H,2-8,13-15H2,1H3/t17-,21-/m1/s1. The lowest BCUT2D eigenvalue weighted by molar-refractivity contribution is -0.382. The van der Waals surface area contributed by atoms with Gasteiger partial charge in [-0.15, -0.1) is 11.3 Å². The summed E-state index contributed by atoms with van der Waals surface area (Å²) in [5, 5.41) is 16.1. The van der Waals surface area contributed by atoms with Gasteiger partial charge in [0.25, 0.3) is 5.69 Å². The Bertz CT molecular complexity index is 1270. The number of fused-ring (bicyclic) bond motifs is 3. The van der Waals surface area contributed by atoms with Crippen LogP contribution in [-0.2, 0) is 0 Å². The maximum absolute atomic E-state index is 13.5. The van der Waals surface area contributed by atoms with Crippen molar-refractivity contribution in [2.24, 2.45) is 5.92 Å². The maximum Gasteiger partial charge on any atom is 0.287 e. The quantitative estimate of drug-likeness (QED) is 0.199. The van der Waals surface area contributed by atoms with E-state index in [0.29, 0.717) is 31.6 Å². The monoisotopic (exact) mass is 481 g/mol. The van der Waals surface area contributed by atoms with Gasteiger partial charge in [0.15, 0.2) is 5.43 Å². The fourth-order valence-electron chi connectivity index (χ4n) is 5.84. The zero-order chi connectivity index (χ0) is 23.7. The number of nitrogens with one attached hydrogen (secondary N) is 1. The smallest absolute Gasteiger partial charge is 0.287 e. The topological polar surface area (TPSA) is 84.7 Å². The zero-order valence-corrected chi connectivity index (χ0v) is 20.4. The lowest BCUT2D eigenvalue weighted by Gasteiger charge is -2.44. The zero-order valence-electron chi connectivity index (χ0n) is 19.5. The second kappa shape index (κ2) is 9.88. The highest BCUT2D eigenvalue weighted by Crippen LogP contribution is 2.37. The molecule has 180 valence electrons. The molecule has 2 aromatic carbocycles. The number of piperidine rings is 2. The second-order valence-electron chi connectivity index (χ2n) is 9.46. The Hall–Kier alpha value is -2.71. The van der Waals surface area contributed by atoms with Crippen LogP contribution in [0.5, 0.6) is 5.75 Å². The summed E-state index contributed by atoms with van der Waals surface area (Å²) >= 11 is 1.29. The molecule has 2 atom stereocenters. The predicted octanol–water partition coefficient (Wildman–Crippen LogP) is 5.79. The molecule has 0 spiro atoms. The molecule has 3 aromatic rings. The Balaban J connectivity index is 1.39. The molecular formula is C26H31N3O4S. The van der Waals surface area contributed by atoms with Crippen LogP contribution < -0.4 is 15.5 Å². The van der Waals surface area contributed by atoms with Crippen molar-refractivity contribution in [1.29, 1.82) is 0 Å². The van der Waals surface area contributed by atoms with E-state index in [1.807, 2.05) is 0 Å². The summed E-state index contributed by atoms with van der Waals surface area (Å²) in [6.45, 7) is 3.25. The van der Waals surface area contributed by atoms with E-state index in [-0.39, 0.29) is 11.1 Å². The molecule has 2 aliphatic heterocycles. The van der Waals surface area contributed by atoms with Gasteiger partial charge in [-0.2, -0.15) is 0 Å². The molecule has 0 saturated carbocycles. The minimum absolute atomic E-state index is 0.0278. The van der Waals surface area contributed by atoms with Crippen LogP contribution in [0.4, 0.5) is 11.4 Å². The first-order valence-electron chi connectivity index (χ1n) is 12.3. The van der Waals surface area contributed by atoms with Crippen LogP contribution in [0.1, 0.15) is 44.9 Å². The normalized spacial score (nSPS) is 20.9. The average molecular weight is 482 g/mol. The number of nitro groups is 1. The van der Waals surface area contributed by atoms with E-state index in [1.165, 1.54) is 69.0 Å². The van der Waals surface area contributed by atoms with Gasteiger partial charge in [0.1, 0.15) is 10.4 Å². The van der Waals surface area contributed by atoms with Crippen molar-refractivity contribution in [2.75, 3.05) is 32.1 Å². The third kappa shape index (κ3) is 4.36. The molecule has 0 amide bonds. The average Bonchev–Trinajstić information content (AvgIpc) is 2.86. The summed E-state index contributed by atoms with van der Waals surface area (Å²) in [5.74, 6) is 1.35. The molecule has 0 bridgehead atoms. The fraction of sp³-hybridized carbons (Fsp3) is 0.500. The first-order chi connectivity index (χ1) is 16.6. The fourth-order valence-corrected chi connectivity index (χ4v) is 7.01. The van der Waals surface area contributed by atoms with E-state index in [9.17, 15) is 14.9 Å². The van der Waals surface area contributed by atoms with E-state index in [1.54, 1.807) is 31.4 Å². The van der Waals surface area contributed by atoms with Crippen LogP contribution in [0.2, 0.25) is 0 Å². The van der Waals surface area contributed by atoms with Crippen LogP contribution in [-0.4, -0.2) is 42.6 Å². The van der Waals surface area contributed by atoms with Crippen molar-refractivity contribution >= 4 is 42.9 Å². The first-order valence-corrected chi connectivity index (χ1v) is 13.1. The minimum Gasteiger partial charge on any atom is -0.497 e. The van der Waals surface area contributed by atoms with Gasteiger partial charge in [0.2, 0.25) is 0 Å². The van der Waals surface area contributed by atoms with Crippen molar-refractivity contribution < 1.29 is 9.66 Å². The number of hydrogen-bond acceptors (Lipinski definition) is 7. The molecule has 0 radical (unpaired) electrons. The summed E-state index contributed by atoms with van der Waals surface area (Å²) in [7, 11) is 1.56. The Labute approximate surface area is 202 Å². The maximum atomic E-state index is 13.5. The summed E-state index contributed by atoms with van der Waals surface area (Å²) in [6, 6.07) is 9.22. The molecule has 2 aliphatic rings. The van der Waals surface area contributed by atoms with E-state index in [2.05, 4.69) is 10.2 Å². The number of anilines is 1. The SMILES string of the molecule is COc1ccc2sc3c([N+](=O)[O-])ccc(NCCC[C@@H]4CCCN5CCCC[C@H]45)c3c(=O)c2c1. The number of ether oxygens (including phenoxy) is 1. The number of nitrogens with zero attached hydrogens (tertiary/aromatic N) is 2. The highest BCUT2D eigenvalue weighted by molar-refractivity contribution is 7.25. The Morgan fingerprint density at radius 3 is 2.85 bits per heavy atom. The van der Waals surface area contributed by atoms with Gasteiger partial charge in [-0.25, -0.2) is 0 Å². The molecule has 1 aromatic heterocycles. The molecule has 2 fully saturated rings. The van der Waals surface area contributed by atoms with Crippen molar-refractivity contribution in [2.45, 2.75) is 51.0 Å². The Morgan fingerprint density at radius 2 is 2.03 bits per heavy atom. The molecule has 1 N–H and O–H groups in total. The van der Waals surface area contributed by atoms with E-state index >= 15 is 0 Å². The van der Waals surface area contributed by atoms with Crippen molar-refractivity contribution in [3.8, 4) is 5.75 Å². The second-order valence-corrected chi connectivity index (χ2v) is 10.5. The third-order valence-corrected chi connectivity index (χ3v) is 8.69. The molecular weight excluding hydrogens is 450 g/mol. The van der Waals surface area contributed by atoms with Gasteiger partial charge in [0, 0.05) is 34.4 Å². The van der Waals surface area contributed by atoms with E-state index in [0.717, 1.165) is 24.9 Å². The number of benzene rings is 2. The summed E-state index contributed by atoms with van der Waals surface area (Å²) < 4.78 is 6.43. The summed E-state index contributed by atoms with van der Waals surface area (Å²) in [4.78, 5) is 27.5. The van der Waals surface area contributed by atoms with Gasteiger partial charge in [0.05, 0.1) is 17.4 Å². The van der Waals surface area contributed by atoms with Crippen LogP contribution in [0, 0.1) is 16.0 Å². The molecule has 0 unspecified atom stereocenters. The lowest BCUT2D eigenvalue weighted by Crippen LogP contribution is -2.47. The van der Waals surface area contributed by atoms with E-state index < -0.39 is 4.92 Å². The lowest BCUT2D eigenvalue weighted by atomic mass is 9.81. The van der Waals surface area contributed by atoms with Crippen molar-refractivity contribution in [3.05, 3.63) is 50.7 Å². The number of non-ortho nitro benzene ring substituents is 1. The molecule has 0 aliphatic carbocycles. The number of rotatable bonds is 7. The Morgan fingerprint density at radius 1 is 1.18 bits per heavy atom. The van der Waals surface area contributed by atoms with Crippen molar-refractivity contribution in [3.63, 3.8) is 0 Å². The molecule has 2 saturated heterocycles. The third-order valence-electron chi connectivity index (χ3n) is 7.50. The summed E-state index contributed by atoms with van der Waals surface area (Å²) in [6.07, 6.45) is 8.79. The number of nitro benzene ring substituents is 1. The molecule has 34 heavy (non-hydrogen) atoms. The number of hydrogen-bond donors (Lipinski definition) is 1. The Kier molecular flexibility index (Phi) is 6.70. The van der Waals surface area contributed by atoms with Crippen LogP contribution >= 0.6 is 11.3 Å². The number of methoxy groups -OCH3 is 1. The van der Waals surface area contributed by atoms with Gasteiger partial charge in [-0.05, 0) is 81.8 Å². The van der Waals surface area contributed by atoms with Gasteiger partial charge in [-0.1, -0.05) is 6.42 Å². The highest BCUT2D eigenvalue weighted by atomic mass is 32.1. The summed E-state index contributed by atoms with van der Waals surface area (Å²) in [5.41, 5.74) is 0.452.